The van der Waals surface area contributed by atoms with E-state index in [2.05, 4.69) is 67.3 Å². The highest BCUT2D eigenvalue weighted by atomic mass is 16.5. The Balaban J connectivity index is 1.77. The minimum absolute atomic E-state index is 0.178. The summed E-state index contributed by atoms with van der Waals surface area (Å²) in [5, 5.41) is 0. The Morgan fingerprint density at radius 2 is 1.90 bits per heavy atom. The van der Waals surface area contributed by atoms with Gasteiger partial charge in [0.15, 0.2) is 0 Å². The van der Waals surface area contributed by atoms with Gasteiger partial charge in [0.1, 0.15) is 5.75 Å². The minimum atomic E-state index is 0.178. The minimum Gasteiger partial charge on any atom is -0.497 e. The summed E-state index contributed by atoms with van der Waals surface area (Å²) in [5.41, 5.74) is 2.64. The number of benzene rings is 2. The molecule has 1 amide bonds. The van der Waals surface area contributed by atoms with Gasteiger partial charge in [-0.15, -0.1) is 0 Å². The molecular formula is C25H34N2O2. The fourth-order valence-electron chi connectivity index (χ4n) is 4.44. The maximum absolute atomic E-state index is 12.3. The second-order valence-electron chi connectivity index (χ2n) is 8.64. The third-order valence-corrected chi connectivity index (χ3v) is 5.77. The standard InChI is InChI=1S/C25H34N2O2/c1-19(2)14-27(20(3)28)17-23-16-26(15-21-9-8-12-24(13-21)29-4)18-25(23)22-10-6-5-7-11-22/h5-13,19,23,25H,14-18H2,1-4H3. The smallest absolute Gasteiger partial charge is 0.219 e. The van der Waals surface area contributed by atoms with Crippen molar-refractivity contribution in [3.63, 3.8) is 0 Å². The Morgan fingerprint density at radius 1 is 1.14 bits per heavy atom. The van der Waals surface area contributed by atoms with Crippen molar-refractivity contribution in [3.05, 3.63) is 65.7 Å². The highest BCUT2D eigenvalue weighted by Crippen LogP contribution is 2.34. The van der Waals surface area contributed by atoms with E-state index in [0.717, 1.165) is 38.5 Å². The van der Waals surface area contributed by atoms with Crippen molar-refractivity contribution in [2.75, 3.05) is 33.3 Å². The molecule has 0 saturated carbocycles. The molecule has 0 spiro atoms. The van der Waals surface area contributed by atoms with Crippen molar-refractivity contribution < 1.29 is 9.53 Å². The van der Waals surface area contributed by atoms with Gasteiger partial charge in [0.2, 0.25) is 5.91 Å². The van der Waals surface area contributed by atoms with Gasteiger partial charge in [-0.2, -0.15) is 0 Å². The van der Waals surface area contributed by atoms with Crippen LogP contribution in [0.1, 0.15) is 37.8 Å². The maximum atomic E-state index is 12.3. The van der Waals surface area contributed by atoms with Gasteiger partial charge in [0.25, 0.3) is 0 Å². The number of nitrogens with zero attached hydrogens (tertiary/aromatic N) is 2. The van der Waals surface area contributed by atoms with Crippen molar-refractivity contribution >= 4 is 5.91 Å². The van der Waals surface area contributed by atoms with Crippen LogP contribution >= 0.6 is 0 Å². The Morgan fingerprint density at radius 3 is 2.55 bits per heavy atom. The van der Waals surface area contributed by atoms with Gasteiger partial charge in [-0.3, -0.25) is 9.69 Å². The molecule has 0 radical (unpaired) electrons. The van der Waals surface area contributed by atoms with Gasteiger partial charge >= 0.3 is 0 Å². The summed E-state index contributed by atoms with van der Waals surface area (Å²) in [4.78, 5) is 16.8. The molecule has 1 fully saturated rings. The maximum Gasteiger partial charge on any atom is 0.219 e. The quantitative estimate of drug-likeness (QED) is 0.665. The summed E-state index contributed by atoms with van der Waals surface area (Å²) >= 11 is 0. The number of likely N-dealkylation sites (tertiary alicyclic amines) is 1. The normalized spacial score (nSPS) is 19.5. The molecule has 4 heteroatoms. The zero-order valence-electron chi connectivity index (χ0n) is 18.2. The van der Waals surface area contributed by atoms with Crippen molar-refractivity contribution in [1.82, 2.24) is 9.80 Å². The predicted molar refractivity (Wildman–Crippen MR) is 118 cm³/mol. The Bertz CT molecular complexity index is 790. The number of amides is 1. The first-order chi connectivity index (χ1) is 14.0. The number of rotatable bonds is 8. The first kappa shape index (κ1) is 21.4. The van der Waals surface area contributed by atoms with Gasteiger partial charge in [0.05, 0.1) is 7.11 Å². The second-order valence-corrected chi connectivity index (χ2v) is 8.64. The average Bonchev–Trinajstić information content (AvgIpc) is 3.10. The van der Waals surface area contributed by atoms with Crippen molar-refractivity contribution in [3.8, 4) is 5.75 Å². The highest BCUT2D eigenvalue weighted by Gasteiger charge is 2.35. The lowest BCUT2D eigenvalue weighted by Gasteiger charge is -2.29. The third kappa shape index (κ3) is 5.83. The van der Waals surface area contributed by atoms with E-state index in [1.807, 2.05) is 11.0 Å². The average molecular weight is 395 g/mol. The molecule has 0 aliphatic carbocycles. The van der Waals surface area contributed by atoms with E-state index in [1.165, 1.54) is 11.1 Å². The lowest BCUT2D eigenvalue weighted by molar-refractivity contribution is -0.130. The van der Waals surface area contributed by atoms with Crippen LogP contribution in [0.25, 0.3) is 0 Å². The van der Waals surface area contributed by atoms with Crippen LogP contribution in [0.5, 0.6) is 5.75 Å². The largest absolute Gasteiger partial charge is 0.497 e. The molecule has 1 aliphatic rings. The molecule has 156 valence electrons. The summed E-state index contributed by atoms with van der Waals surface area (Å²) in [6, 6.07) is 19.1. The number of methoxy groups -OCH3 is 1. The van der Waals surface area contributed by atoms with Crippen LogP contribution in [0.15, 0.2) is 54.6 Å². The van der Waals surface area contributed by atoms with Crippen molar-refractivity contribution in [2.45, 2.75) is 33.2 Å². The van der Waals surface area contributed by atoms with E-state index < -0.39 is 0 Å². The summed E-state index contributed by atoms with van der Waals surface area (Å²) in [6.07, 6.45) is 0. The van der Waals surface area contributed by atoms with Gasteiger partial charge in [-0.25, -0.2) is 0 Å². The number of hydrogen-bond donors (Lipinski definition) is 0. The molecule has 4 nitrogen and oxygen atoms in total. The molecule has 1 saturated heterocycles. The topological polar surface area (TPSA) is 32.8 Å². The summed E-state index contributed by atoms with van der Waals surface area (Å²) < 4.78 is 5.38. The lowest BCUT2D eigenvalue weighted by Crippen LogP contribution is -2.38. The molecule has 1 aliphatic heterocycles. The Hall–Kier alpha value is -2.33. The van der Waals surface area contributed by atoms with Crippen molar-refractivity contribution in [2.24, 2.45) is 11.8 Å². The Labute approximate surface area is 175 Å². The van der Waals surface area contributed by atoms with Gasteiger partial charge in [-0.05, 0) is 35.1 Å². The van der Waals surface area contributed by atoms with Gasteiger partial charge in [-0.1, -0.05) is 56.3 Å². The van der Waals surface area contributed by atoms with E-state index in [-0.39, 0.29) is 5.91 Å². The fourth-order valence-corrected chi connectivity index (χ4v) is 4.44. The second kappa shape index (κ2) is 9.93. The van der Waals surface area contributed by atoms with Crippen LogP contribution in [0.4, 0.5) is 0 Å². The zero-order valence-corrected chi connectivity index (χ0v) is 18.2. The van der Waals surface area contributed by atoms with E-state index >= 15 is 0 Å². The van der Waals surface area contributed by atoms with Crippen LogP contribution < -0.4 is 4.74 Å². The Kier molecular flexibility index (Phi) is 7.32. The van der Waals surface area contributed by atoms with Crippen LogP contribution in [-0.4, -0.2) is 49.0 Å². The van der Waals surface area contributed by atoms with Crippen LogP contribution in [0.2, 0.25) is 0 Å². The monoisotopic (exact) mass is 394 g/mol. The van der Waals surface area contributed by atoms with E-state index in [4.69, 9.17) is 4.74 Å². The van der Waals surface area contributed by atoms with Crippen LogP contribution in [0.3, 0.4) is 0 Å². The summed E-state index contributed by atoms with van der Waals surface area (Å²) in [5.74, 6) is 2.43. The molecule has 0 N–H and O–H groups in total. The molecule has 1 heterocycles. The number of hydrogen-bond acceptors (Lipinski definition) is 3. The fraction of sp³-hybridized carbons (Fsp3) is 0.480. The summed E-state index contributed by atoms with van der Waals surface area (Å²) in [6.45, 7) is 10.6. The molecule has 29 heavy (non-hydrogen) atoms. The van der Waals surface area contributed by atoms with E-state index in [9.17, 15) is 4.79 Å². The molecular weight excluding hydrogens is 360 g/mol. The lowest BCUT2D eigenvalue weighted by atomic mass is 9.88. The van der Waals surface area contributed by atoms with E-state index in [0.29, 0.717) is 17.8 Å². The van der Waals surface area contributed by atoms with Gasteiger partial charge < -0.3 is 9.64 Å². The first-order valence-corrected chi connectivity index (χ1v) is 10.6. The molecule has 2 aromatic carbocycles. The molecule has 2 unspecified atom stereocenters. The molecule has 2 aromatic rings. The molecule has 0 bridgehead atoms. The third-order valence-electron chi connectivity index (χ3n) is 5.77. The summed E-state index contributed by atoms with van der Waals surface area (Å²) in [7, 11) is 1.71. The number of ether oxygens (including phenoxy) is 1. The van der Waals surface area contributed by atoms with E-state index in [1.54, 1.807) is 14.0 Å². The number of carbonyl (C=O) groups excluding carboxylic acids is 1. The van der Waals surface area contributed by atoms with Crippen molar-refractivity contribution in [1.29, 1.82) is 0 Å². The van der Waals surface area contributed by atoms with Crippen LogP contribution in [-0.2, 0) is 11.3 Å². The number of carbonyl (C=O) groups is 1. The first-order valence-electron chi connectivity index (χ1n) is 10.6. The highest BCUT2D eigenvalue weighted by molar-refractivity contribution is 5.73. The molecule has 3 rings (SSSR count). The predicted octanol–water partition coefficient (Wildman–Crippen LogP) is 4.42. The van der Waals surface area contributed by atoms with Crippen LogP contribution in [0, 0.1) is 11.8 Å². The molecule has 2 atom stereocenters. The SMILES string of the molecule is COc1cccc(CN2CC(CN(CC(C)C)C(C)=O)C(c3ccccc3)C2)c1. The van der Waals surface area contributed by atoms with Gasteiger partial charge in [0, 0.05) is 45.6 Å². The zero-order chi connectivity index (χ0) is 20.8. The molecule has 0 aromatic heterocycles.